The Kier molecular flexibility index (Phi) is 4.18. The fourth-order valence-electron chi connectivity index (χ4n) is 1.42. The van der Waals surface area contributed by atoms with Crippen LogP contribution in [-0.4, -0.2) is 39.5 Å². The Morgan fingerprint density at radius 2 is 2.17 bits per heavy atom. The van der Waals surface area contributed by atoms with Gasteiger partial charge in [0.2, 0.25) is 0 Å². The molecule has 0 aromatic rings. The molecule has 3 nitrogen and oxygen atoms in total. The van der Waals surface area contributed by atoms with E-state index in [4.69, 9.17) is 5.11 Å². The molecule has 1 heterocycles. The van der Waals surface area contributed by atoms with Crippen LogP contribution in [0.3, 0.4) is 0 Å². The van der Waals surface area contributed by atoms with E-state index in [0.717, 1.165) is 24.3 Å². The van der Waals surface area contributed by atoms with Crippen molar-refractivity contribution in [2.45, 2.75) is 31.8 Å². The van der Waals surface area contributed by atoms with E-state index in [1.165, 1.54) is 0 Å². The summed E-state index contributed by atoms with van der Waals surface area (Å²) in [6, 6.07) is 0.631. The minimum atomic E-state index is -0.580. The molecule has 1 aliphatic heterocycles. The summed E-state index contributed by atoms with van der Waals surface area (Å²) in [5.74, 6) is 1.63. The summed E-state index contributed by atoms with van der Waals surface area (Å²) >= 11 is 0. The van der Waals surface area contributed by atoms with Crippen LogP contribution in [0.5, 0.6) is 0 Å². The van der Waals surface area contributed by atoms with E-state index in [2.05, 4.69) is 5.32 Å². The van der Waals surface area contributed by atoms with Gasteiger partial charge in [-0.1, -0.05) is 0 Å². The van der Waals surface area contributed by atoms with E-state index < -0.39 is 10.8 Å². The van der Waals surface area contributed by atoms with Crippen LogP contribution in [0.1, 0.15) is 19.8 Å². The molecule has 12 heavy (non-hydrogen) atoms. The molecular formula is C8H17NO2S. The number of aliphatic hydroxyl groups excluding tert-OH is 1. The van der Waals surface area contributed by atoms with Gasteiger partial charge in [-0.25, -0.2) is 0 Å². The fourth-order valence-corrected chi connectivity index (χ4v) is 2.71. The summed E-state index contributed by atoms with van der Waals surface area (Å²) in [7, 11) is -0.580. The van der Waals surface area contributed by atoms with Crippen molar-refractivity contribution >= 4 is 10.8 Å². The highest BCUT2D eigenvalue weighted by molar-refractivity contribution is 7.85. The second-order valence-corrected chi connectivity index (χ2v) is 5.07. The second-order valence-electron chi connectivity index (χ2n) is 3.37. The lowest BCUT2D eigenvalue weighted by molar-refractivity contribution is 0.237. The summed E-state index contributed by atoms with van der Waals surface area (Å²) in [6.07, 6.45) is 1.97. The largest absolute Gasteiger partial charge is 0.395 e. The van der Waals surface area contributed by atoms with Gasteiger partial charge in [0.15, 0.2) is 0 Å². The third-order valence-corrected chi connectivity index (χ3v) is 3.56. The van der Waals surface area contributed by atoms with E-state index >= 15 is 0 Å². The highest BCUT2D eigenvalue weighted by Gasteiger charge is 2.18. The summed E-state index contributed by atoms with van der Waals surface area (Å²) in [5.41, 5.74) is 0. The van der Waals surface area contributed by atoms with Crippen molar-refractivity contribution in [2.24, 2.45) is 0 Å². The van der Waals surface area contributed by atoms with E-state index in [0.29, 0.717) is 6.04 Å². The zero-order chi connectivity index (χ0) is 8.97. The van der Waals surface area contributed by atoms with Crippen molar-refractivity contribution in [1.29, 1.82) is 0 Å². The standard InChI is InChI=1S/C8H17NO2S/c1-7(6-10)9-8-2-4-12(11)5-3-8/h7-10H,2-6H2,1H3/t7-,8?,12?/m1/s1. The molecule has 1 fully saturated rings. The maximum Gasteiger partial charge on any atom is 0.0582 e. The number of hydrogen-bond acceptors (Lipinski definition) is 3. The zero-order valence-electron chi connectivity index (χ0n) is 7.45. The van der Waals surface area contributed by atoms with E-state index in [1.807, 2.05) is 6.92 Å². The van der Waals surface area contributed by atoms with Crippen LogP contribution >= 0.6 is 0 Å². The highest BCUT2D eigenvalue weighted by atomic mass is 32.2. The topological polar surface area (TPSA) is 49.3 Å². The lowest BCUT2D eigenvalue weighted by atomic mass is 10.1. The summed E-state index contributed by atoms with van der Waals surface area (Å²) < 4.78 is 11.0. The monoisotopic (exact) mass is 191 g/mol. The second kappa shape index (κ2) is 4.94. The molecule has 0 amide bonds. The first-order valence-corrected chi connectivity index (χ1v) is 5.93. The highest BCUT2D eigenvalue weighted by Crippen LogP contribution is 2.09. The molecule has 1 saturated heterocycles. The predicted molar refractivity (Wildman–Crippen MR) is 50.6 cm³/mol. The average Bonchev–Trinajstić information content (AvgIpc) is 2.09. The van der Waals surface area contributed by atoms with Crippen LogP contribution < -0.4 is 5.32 Å². The molecule has 0 spiro atoms. The van der Waals surface area contributed by atoms with Crippen LogP contribution in [0, 0.1) is 0 Å². The molecular weight excluding hydrogens is 174 g/mol. The van der Waals surface area contributed by atoms with E-state index in [1.54, 1.807) is 0 Å². The van der Waals surface area contributed by atoms with Gasteiger partial charge >= 0.3 is 0 Å². The first kappa shape index (κ1) is 10.2. The summed E-state index contributed by atoms with van der Waals surface area (Å²) in [6.45, 7) is 2.14. The molecule has 0 aromatic carbocycles. The van der Waals surface area contributed by atoms with Crippen molar-refractivity contribution in [1.82, 2.24) is 5.32 Å². The third kappa shape index (κ3) is 3.21. The summed E-state index contributed by atoms with van der Waals surface area (Å²) in [5, 5.41) is 12.1. The number of nitrogens with one attached hydrogen (secondary N) is 1. The van der Waals surface area contributed by atoms with Gasteiger partial charge in [0.1, 0.15) is 0 Å². The van der Waals surface area contributed by atoms with Crippen LogP contribution in [0.4, 0.5) is 0 Å². The molecule has 0 unspecified atom stereocenters. The maximum atomic E-state index is 11.0. The number of hydrogen-bond donors (Lipinski definition) is 2. The van der Waals surface area contributed by atoms with Gasteiger partial charge in [-0.15, -0.1) is 0 Å². The Labute approximate surface area is 76.0 Å². The molecule has 1 rings (SSSR count). The van der Waals surface area contributed by atoms with Crippen LogP contribution in [0.25, 0.3) is 0 Å². The van der Waals surface area contributed by atoms with Crippen molar-refractivity contribution in [3.63, 3.8) is 0 Å². The SMILES string of the molecule is C[C@H](CO)NC1CCS(=O)CC1. The molecule has 0 bridgehead atoms. The van der Waals surface area contributed by atoms with E-state index in [-0.39, 0.29) is 12.6 Å². The van der Waals surface area contributed by atoms with Gasteiger partial charge < -0.3 is 10.4 Å². The minimum absolute atomic E-state index is 0.168. The average molecular weight is 191 g/mol. The smallest absolute Gasteiger partial charge is 0.0582 e. The Bertz CT molecular complexity index is 153. The van der Waals surface area contributed by atoms with Crippen LogP contribution in [-0.2, 0) is 10.8 Å². The van der Waals surface area contributed by atoms with Gasteiger partial charge in [0.25, 0.3) is 0 Å². The Morgan fingerprint density at radius 3 is 2.67 bits per heavy atom. The van der Waals surface area contributed by atoms with E-state index in [9.17, 15) is 4.21 Å². The van der Waals surface area contributed by atoms with Crippen LogP contribution in [0.2, 0.25) is 0 Å². The molecule has 2 N–H and O–H groups in total. The predicted octanol–water partition coefficient (Wildman–Crippen LogP) is -0.132. The van der Waals surface area contributed by atoms with Gasteiger partial charge in [-0.2, -0.15) is 0 Å². The molecule has 0 saturated carbocycles. The normalized spacial score (nSPS) is 33.2. The molecule has 1 atom stereocenters. The van der Waals surface area contributed by atoms with Gasteiger partial charge in [-0.3, -0.25) is 4.21 Å². The Balaban J connectivity index is 2.21. The lowest BCUT2D eigenvalue weighted by Crippen LogP contribution is -2.42. The molecule has 1 aliphatic rings. The van der Waals surface area contributed by atoms with Gasteiger partial charge in [-0.05, 0) is 19.8 Å². The number of rotatable bonds is 3. The van der Waals surface area contributed by atoms with Gasteiger partial charge in [0.05, 0.1) is 6.61 Å². The molecule has 72 valence electrons. The minimum Gasteiger partial charge on any atom is -0.395 e. The van der Waals surface area contributed by atoms with Crippen molar-refractivity contribution in [3.8, 4) is 0 Å². The van der Waals surface area contributed by atoms with Crippen molar-refractivity contribution in [2.75, 3.05) is 18.1 Å². The lowest BCUT2D eigenvalue weighted by Gasteiger charge is -2.25. The zero-order valence-corrected chi connectivity index (χ0v) is 8.27. The maximum absolute atomic E-state index is 11.0. The Hall–Kier alpha value is 0.0700. The fraction of sp³-hybridized carbons (Fsp3) is 1.00. The quantitative estimate of drug-likeness (QED) is 0.653. The van der Waals surface area contributed by atoms with Gasteiger partial charge in [0, 0.05) is 34.4 Å². The first-order valence-electron chi connectivity index (χ1n) is 4.44. The first-order chi connectivity index (χ1) is 5.72. The molecule has 0 aromatic heterocycles. The molecule has 0 radical (unpaired) electrons. The van der Waals surface area contributed by atoms with Crippen molar-refractivity contribution in [3.05, 3.63) is 0 Å². The molecule has 4 heteroatoms. The van der Waals surface area contributed by atoms with Crippen molar-refractivity contribution < 1.29 is 9.32 Å². The Morgan fingerprint density at radius 1 is 1.58 bits per heavy atom. The third-order valence-electron chi connectivity index (χ3n) is 2.18. The number of aliphatic hydroxyl groups is 1. The molecule has 0 aliphatic carbocycles. The van der Waals surface area contributed by atoms with Crippen LogP contribution in [0.15, 0.2) is 0 Å². The summed E-state index contributed by atoms with van der Waals surface area (Å²) in [4.78, 5) is 0.